The van der Waals surface area contributed by atoms with Crippen LogP contribution in [0.3, 0.4) is 0 Å². The number of benzene rings is 2. The fraction of sp³-hybridized carbons (Fsp3) is 0.333. The second-order valence-corrected chi connectivity index (χ2v) is 5.33. The summed E-state index contributed by atoms with van der Waals surface area (Å²) in [6.07, 6.45) is 0. The van der Waals surface area contributed by atoms with Gasteiger partial charge in [0.05, 0.1) is 0 Å². The summed E-state index contributed by atoms with van der Waals surface area (Å²) in [5.41, 5.74) is 1.33. The van der Waals surface area contributed by atoms with E-state index in [1.54, 1.807) is 0 Å². The van der Waals surface area contributed by atoms with Crippen molar-refractivity contribution in [1.82, 2.24) is 4.90 Å². The topological polar surface area (TPSA) is 15.7 Å². The van der Waals surface area contributed by atoms with Crippen molar-refractivity contribution >= 4 is 30.5 Å². The molecule has 0 amide bonds. The van der Waals surface area contributed by atoms with Crippen molar-refractivity contribution in [3.05, 3.63) is 60.7 Å². The molecular weight excluding hydrogens is 331 g/mol. The summed E-state index contributed by atoms with van der Waals surface area (Å²) in [4.78, 5) is 4.93. The van der Waals surface area contributed by atoms with Crippen molar-refractivity contribution in [2.45, 2.75) is 0 Å². The molecule has 5 heteroatoms. The quantitative estimate of drug-likeness (QED) is 0.813. The van der Waals surface area contributed by atoms with Gasteiger partial charge in [-0.25, -0.2) is 0 Å². The highest BCUT2D eigenvalue weighted by molar-refractivity contribution is 5.85. The van der Waals surface area contributed by atoms with Gasteiger partial charge in [-0.05, 0) is 24.3 Å². The fourth-order valence-corrected chi connectivity index (χ4v) is 2.68. The molecule has 3 rings (SSSR count). The molecule has 0 spiro atoms. The highest BCUT2D eigenvalue weighted by Gasteiger charge is 2.16. The third kappa shape index (κ3) is 5.94. The molecule has 1 fully saturated rings. The number of para-hydroxylation sites is 2. The van der Waals surface area contributed by atoms with E-state index < -0.39 is 0 Å². The lowest BCUT2D eigenvalue weighted by molar-refractivity contribution is 0.200. The molecule has 0 atom stereocenters. The van der Waals surface area contributed by atoms with Crippen molar-refractivity contribution in [2.24, 2.45) is 0 Å². The molecule has 0 radical (unpaired) electrons. The predicted octanol–water partition coefficient (Wildman–Crippen LogP) is 3.73. The van der Waals surface area contributed by atoms with Gasteiger partial charge in [0.2, 0.25) is 0 Å². The van der Waals surface area contributed by atoms with Crippen LogP contribution in [0.4, 0.5) is 5.69 Å². The SMILES string of the molecule is Cl.Cl.c1ccc(OCCN2CCN(c3ccccc3)CC2)cc1. The van der Waals surface area contributed by atoms with E-state index in [1.807, 2.05) is 30.3 Å². The van der Waals surface area contributed by atoms with Gasteiger partial charge in [0.1, 0.15) is 12.4 Å². The van der Waals surface area contributed by atoms with Crippen LogP contribution in [0.2, 0.25) is 0 Å². The van der Waals surface area contributed by atoms with Crippen LogP contribution in [0.15, 0.2) is 60.7 Å². The standard InChI is InChI=1S/C18H22N2O.2ClH/c1-3-7-17(8-4-1)20-13-11-19(12-14-20)15-16-21-18-9-5-2-6-10-18;;/h1-10H,11-16H2;2*1H. The number of piperazine rings is 1. The Morgan fingerprint density at radius 1 is 0.739 bits per heavy atom. The lowest BCUT2D eigenvalue weighted by Gasteiger charge is -2.36. The minimum absolute atomic E-state index is 0. The van der Waals surface area contributed by atoms with Gasteiger partial charge < -0.3 is 9.64 Å². The first-order chi connectivity index (χ1) is 10.4. The number of rotatable bonds is 5. The van der Waals surface area contributed by atoms with Crippen LogP contribution < -0.4 is 9.64 Å². The second-order valence-electron chi connectivity index (χ2n) is 5.33. The van der Waals surface area contributed by atoms with Gasteiger partial charge in [-0.3, -0.25) is 4.90 Å². The molecule has 1 saturated heterocycles. The number of ether oxygens (including phenoxy) is 1. The van der Waals surface area contributed by atoms with Crippen LogP contribution in [0.25, 0.3) is 0 Å². The summed E-state index contributed by atoms with van der Waals surface area (Å²) < 4.78 is 5.76. The Bertz CT molecular complexity index is 528. The van der Waals surface area contributed by atoms with Crippen LogP contribution in [-0.4, -0.2) is 44.2 Å². The third-order valence-electron chi connectivity index (χ3n) is 3.91. The Labute approximate surface area is 151 Å². The Balaban J connectivity index is 0.00000132. The molecule has 0 unspecified atom stereocenters. The van der Waals surface area contributed by atoms with Crippen molar-refractivity contribution in [3.8, 4) is 5.75 Å². The minimum atomic E-state index is 0. The fourth-order valence-electron chi connectivity index (χ4n) is 2.68. The maximum Gasteiger partial charge on any atom is 0.119 e. The van der Waals surface area contributed by atoms with Gasteiger partial charge >= 0.3 is 0 Å². The van der Waals surface area contributed by atoms with E-state index in [1.165, 1.54) is 5.69 Å². The van der Waals surface area contributed by atoms with Crippen LogP contribution in [0.1, 0.15) is 0 Å². The van der Waals surface area contributed by atoms with Gasteiger partial charge in [0, 0.05) is 38.4 Å². The molecule has 1 heterocycles. The first-order valence-corrected chi connectivity index (χ1v) is 7.62. The molecule has 0 aliphatic carbocycles. The first-order valence-electron chi connectivity index (χ1n) is 7.62. The van der Waals surface area contributed by atoms with Gasteiger partial charge in [-0.2, -0.15) is 0 Å². The average Bonchev–Trinajstić information content (AvgIpc) is 2.57. The smallest absolute Gasteiger partial charge is 0.119 e. The molecule has 1 aliphatic heterocycles. The largest absolute Gasteiger partial charge is 0.492 e. The van der Waals surface area contributed by atoms with Gasteiger partial charge in [-0.1, -0.05) is 36.4 Å². The normalized spacial score (nSPS) is 14.5. The van der Waals surface area contributed by atoms with E-state index in [2.05, 4.69) is 40.1 Å². The molecule has 0 N–H and O–H groups in total. The van der Waals surface area contributed by atoms with Crippen LogP contribution in [-0.2, 0) is 0 Å². The minimum Gasteiger partial charge on any atom is -0.492 e. The van der Waals surface area contributed by atoms with Gasteiger partial charge in [0.25, 0.3) is 0 Å². The van der Waals surface area contributed by atoms with Crippen molar-refractivity contribution in [2.75, 3.05) is 44.2 Å². The molecule has 2 aromatic rings. The van der Waals surface area contributed by atoms with Crippen LogP contribution in [0.5, 0.6) is 5.75 Å². The number of hydrogen-bond acceptors (Lipinski definition) is 3. The molecule has 0 aromatic heterocycles. The van der Waals surface area contributed by atoms with E-state index in [0.717, 1.165) is 45.1 Å². The zero-order chi connectivity index (χ0) is 14.3. The maximum atomic E-state index is 5.76. The Morgan fingerprint density at radius 2 is 1.30 bits per heavy atom. The zero-order valence-corrected chi connectivity index (χ0v) is 14.8. The summed E-state index contributed by atoms with van der Waals surface area (Å²) in [5.74, 6) is 0.959. The van der Waals surface area contributed by atoms with E-state index in [0.29, 0.717) is 0 Å². The van der Waals surface area contributed by atoms with Crippen molar-refractivity contribution in [3.63, 3.8) is 0 Å². The van der Waals surface area contributed by atoms with Crippen LogP contribution in [0, 0.1) is 0 Å². The van der Waals surface area contributed by atoms with Gasteiger partial charge in [0.15, 0.2) is 0 Å². The summed E-state index contributed by atoms with van der Waals surface area (Å²) >= 11 is 0. The second kappa shape index (κ2) is 10.4. The van der Waals surface area contributed by atoms with E-state index in [9.17, 15) is 0 Å². The molecule has 1 aliphatic rings. The number of nitrogens with zero attached hydrogens (tertiary/aromatic N) is 2. The Morgan fingerprint density at radius 3 is 1.91 bits per heavy atom. The Hall–Kier alpha value is -1.42. The van der Waals surface area contributed by atoms with Crippen molar-refractivity contribution in [1.29, 1.82) is 0 Å². The maximum absolute atomic E-state index is 5.76. The highest BCUT2D eigenvalue weighted by atomic mass is 35.5. The van der Waals surface area contributed by atoms with Crippen LogP contribution >= 0.6 is 24.8 Å². The third-order valence-corrected chi connectivity index (χ3v) is 3.91. The summed E-state index contributed by atoms with van der Waals surface area (Å²) in [6.45, 7) is 6.15. The van der Waals surface area contributed by atoms with Gasteiger partial charge in [-0.15, -0.1) is 24.8 Å². The number of hydrogen-bond donors (Lipinski definition) is 0. The lowest BCUT2D eigenvalue weighted by atomic mass is 10.2. The summed E-state index contributed by atoms with van der Waals surface area (Å²) in [6, 6.07) is 20.7. The van der Waals surface area contributed by atoms with E-state index >= 15 is 0 Å². The first kappa shape index (κ1) is 19.6. The molecule has 23 heavy (non-hydrogen) atoms. The van der Waals surface area contributed by atoms with E-state index in [4.69, 9.17) is 4.74 Å². The molecule has 126 valence electrons. The highest BCUT2D eigenvalue weighted by Crippen LogP contribution is 2.15. The molecule has 0 saturated carbocycles. The van der Waals surface area contributed by atoms with E-state index in [-0.39, 0.29) is 24.8 Å². The monoisotopic (exact) mass is 354 g/mol. The lowest BCUT2D eigenvalue weighted by Crippen LogP contribution is -2.47. The molecule has 3 nitrogen and oxygen atoms in total. The zero-order valence-electron chi connectivity index (χ0n) is 13.1. The molecular formula is C18H24Cl2N2O. The molecule has 0 bridgehead atoms. The average molecular weight is 355 g/mol. The summed E-state index contributed by atoms with van der Waals surface area (Å²) in [7, 11) is 0. The summed E-state index contributed by atoms with van der Waals surface area (Å²) in [5, 5.41) is 0. The predicted molar refractivity (Wildman–Crippen MR) is 102 cm³/mol. The number of anilines is 1. The molecule has 2 aromatic carbocycles. The van der Waals surface area contributed by atoms with Crippen molar-refractivity contribution < 1.29 is 4.74 Å². The number of halogens is 2. The Kier molecular flexibility index (Phi) is 8.85.